The Balaban J connectivity index is 1.72. The van der Waals surface area contributed by atoms with E-state index in [-0.39, 0.29) is 0 Å². The molecule has 0 bridgehead atoms. The Morgan fingerprint density at radius 3 is 2.61 bits per heavy atom. The van der Waals surface area contributed by atoms with Crippen LogP contribution in [0.4, 0.5) is 0 Å². The van der Waals surface area contributed by atoms with Crippen molar-refractivity contribution in [2.24, 2.45) is 4.99 Å². The van der Waals surface area contributed by atoms with Gasteiger partial charge in [0, 0.05) is 37.5 Å². The highest BCUT2D eigenvalue weighted by Crippen LogP contribution is 2.16. The zero-order valence-electron chi connectivity index (χ0n) is 15.0. The van der Waals surface area contributed by atoms with Gasteiger partial charge in [-0.3, -0.25) is 9.89 Å². The van der Waals surface area contributed by atoms with Gasteiger partial charge in [-0.25, -0.2) is 4.98 Å². The Bertz CT molecular complexity index is 486. The SMILES string of the molecule is CCC(CNC(=NC)NCCc1nc(C)c(C)s1)N1CCCC1. The fraction of sp³-hybridized carbons (Fsp3) is 0.765. The average Bonchev–Trinajstić information content (AvgIpc) is 3.17. The first-order valence-corrected chi connectivity index (χ1v) is 9.57. The molecule has 1 saturated heterocycles. The van der Waals surface area contributed by atoms with Crippen molar-refractivity contribution in [3.63, 3.8) is 0 Å². The number of likely N-dealkylation sites (tertiary alicyclic amines) is 1. The molecule has 0 spiro atoms. The monoisotopic (exact) mass is 337 g/mol. The third-order valence-corrected chi connectivity index (χ3v) is 5.69. The van der Waals surface area contributed by atoms with Crippen LogP contribution < -0.4 is 10.6 Å². The van der Waals surface area contributed by atoms with Crippen LogP contribution in [0.3, 0.4) is 0 Å². The maximum absolute atomic E-state index is 4.58. The summed E-state index contributed by atoms with van der Waals surface area (Å²) in [4.78, 5) is 12.8. The molecule has 23 heavy (non-hydrogen) atoms. The molecule has 1 atom stereocenters. The lowest BCUT2D eigenvalue weighted by Crippen LogP contribution is -2.46. The number of aliphatic imine (C=N–C) groups is 1. The number of aryl methyl sites for hydroxylation is 2. The van der Waals surface area contributed by atoms with E-state index < -0.39 is 0 Å². The van der Waals surface area contributed by atoms with Gasteiger partial charge in [0.15, 0.2) is 5.96 Å². The molecule has 1 aliphatic heterocycles. The highest BCUT2D eigenvalue weighted by molar-refractivity contribution is 7.11. The van der Waals surface area contributed by atoms with Gasteiger partial charge in [-0.05, 0) is 46.2 Å². The number of thiazole rings is 1. The van der Waals surface area contributed by atoms with E-state index in [1.165, 1.54) is 42.2 Å². The van der Waals surface area contributed by atoms with Crippen LogP contribution in [0.5, 0.6) is 0 Å². The van der Waals surface area contributed by atoms with E-state index in [2.05, 4.69) is 46.3 Å². The van der Waals surface area contributed by atoms with Gasteiger partial charge in [-0.2, -0.15) is 0 Å². The molecule has 1 aliphatic rings. The number of rotatable bonds is 7. The summed E-state index contributed by atoms with van der Waals surface area (Å²) >= 11 is 1.79. The van der Waals surface area contributed by atoms with Crippen LogP contribution in [0, 0.1) is 13.8 Å². The molecule has 0 radical (unpaired) electrons. The van der Waals surface area contributed by atoms with E-state index in [1.54, 1.807) is 11.3 Å². The number of guanidine groups is 1. The Morgan fingerprint density at radius 2 is 2.04 bits per heavy atom. The van der Waals surface area contributed by atoms with Crippen molar-refractivity contribution in [2.75, 3.05) is 33.2 Å². The topological polar surface area (TPSA) is 52.6 Å². The summed E-state index contributed by atoms with van der Waals surface area (Å²) in [5, 5.41) is 8.08. The Kier molecular flexibility index (Phi) is 7.30. The number of nitrogens with one attached hydrogen (secondary N) is 2. The minimum absolute atomic E-state index is 0.611. The molecule has 1 aromatic heterocycles. The fourth-order valence-electron chi connectivity index (χ4n) is 3.01. The molecular formula is C17H31N5S. The molecule has 1 aromatic rings. The van der Waals surface area contributed by atoms with Crippen molar-refractivity contribution in [2.45, 2.75) is 52.5 Å². The van der Waals surface area contributed by atoms with Crippen molar-refractivity contribution in [3.8, 4) is 0 Å². The summed E-state index contributed by atoms with van der Waals surface area (Å²) in [5.41, 5.74) is 1.16. The Hall–Kier alpha value is -1.14. The standard InChI is InChI=1S/C17H31N5S/c1-5-15(22-10-6-7-11-22)12-20-17(18-4)19-9-8-16-21-13(2)14(3)23-16/h15H,5-12H2,1-4H3,(H2,18,19,20). The molecule has 2 heterocycles. The van der Waals surface area contributed by atoms with Crippen molar-refractivity contribution < 1.29 is 0 Å². The summed E-state index contributed by atoms with van der Waals surface area (Å²) in [6, 6.07) is 0.611. The largest absolute Gasteiger partial charge is 0.356 e. The summed E-state index contributed by atoms with van der Waals surface area (Å²) < 4.78 is 0. The number of aromatic nitrogens is 1. The van der Waals surface area contributed by atoms with Crippen molar-refractivity contribution in [1.29, 1.82) is 0 Å². The summed E-state index contributed by atoms with van der Waals surface area (Å²) in [7, 11) is 1.84. The van der Waals surface area contributed by atoms with E-state index in [9.17, 15) is 0 Å². The fourth-order valence-corrected chi connectivity index (χ4v) is 3.94. The lowest BCUT2D eigenvalue weighted by molar-refractivity contribution is 0.236. The van der Waals surface area contributed by atoms with Crippen LogP contribution >= 0.6 is 11.3 Å². The molecule has 0 saturated carbocycles. The number of hydrogen-bond acceptors (Lipinski definition) is 4. The minimum atomic E-state index is 0.611. The normalized spacial score (nSPS) is 17.5. The van der Waals surface area contributed by atoms with Gasteiger partial charge in [0.05, 0.1) is 10.7 Å². The second-order valence-electron chi connectivity index (χ2n) is 6.18. The van der Waals surface area contributed by atoms with Crippen LogP contribution in [0.2, 0.25) is 0 Å². The van der Waals surface area contributed by atoms with Gasteiger partial charge in [0.25, 0.3) is 0 Å². The first-order valence-electron chi connectivity index (χ1n) is 8.75. The molecular weight excluding hydrogens is 306 g/mol. The minimum Gasteiger partial charge on any atom is -0.356 e. The molecule has 1 unspecified atom stereocenters. The maximum Gasteiger partial charge on any atom is 0.191 e. The zero-order valence-corrected chi connectivity index (χ0v) is 15.8. The molecule has 130 valence electrons. The van der Waals surface area contributed by atoms with Crippen LogP contribution in [0.15, 0.2) is 4.99 Å². The van der Waals surface area contributed by atoms with Gasteiger partial charge < -0.3 is 10.6 Å². The average molecular weight is 338 g/mol. The van der Waals surface area contributed by atoms with Crippen LogP contribution in [-0.4, -0.2) is 55.1 Å². The molecule has 2 N–H and O–H groups in total. The zero-order chi connectivity index (χ0) is 16.7. The molecule has 6 heteroatoms. The lowest BCUT2D eigenvalue weighted by atomic mass is 10.2. The van der Waals surface area contributed by atoms with Gasteiger partial charge in [0.2, 0.25) is 0 Å². The number of nitrogens with zero attached hydrogens (tertiary/aromatic N) is 3. The van der Waals surface area contributed by atoms with E-state index in [0.717, 1.165) is 31.2 Å². The summed E-state index contributed by atoms with van der Waals surface area (Å²) in [5.74, 6) is 0.896. The van der Waals surface area contributed by atoms with E-state index in [4.69, 9.17) is 0 Å². The van der Waals surface area contributed by atoms with Gasteiger partial charge in [-0.15, -0.1) is 11.3 Å². The molecule has 0 amide bonds. The van der Waals surface area contributed by atoms with E-state index >= 15 is 0 Å². The van der Waals surface area contributed by atoms with Gasteiger partial charge in [0.1, 0.15) is 0 Å². The second kappa shape index (κ2) is 9.23. The van der Waals surface area contributed by atoms with E-state index in [1.807, 2.05) is 7.05 Å². The highest BCUT2D eigenvalue weighted by Gasteiger charge is 2.20. The Labute approximate surface area is 144 Å². The second-order valence-corrected chi connectivity index (χ2v) is 7.47. The predicted octanol–water partition coefficient (Wildman–Crippen LogP) is 2.34. The van der Waals surface area contributed by atoms with Crippen molar-refractivity contribution in [1.82, 2.24) is 20.5 Å². The molecule has 0 aromatic carbocycles. The highest BCUT2D eigenvalue weighted by atomic mass is 32.1. The third-order valence-electron chi connectivity index (χ3n) is 4.56. The lowest BCUT2D eigenvalue weighted by Gasteiger charge is -2.27. The smallest absolute Gasteiger partial charge is 0.191 e. The van der Waals surface area contributed by atoms with Gasteiger partial charge >= 0.3 is 0 Å². The van der Waals surface area contributed by atoms with Gasteiger partial charge in [-0.1, -0.05) is 6.92 Å². The van der Waals surface area contributed by atoms with E-state index in [0.29, 0.717) is 6.04 Å². The van der Waals surface area contributed by atoms with Crippen molar-refractivity contribution in [3.05, 3.63) is 15.6 Å². The summed E-state index contributed by atoms with van der Waals surface area (Å²) in [6.45, 7) is 10.8. The molecule has 5 nitrogen and oxygen atoms in total. The quantitative estimate of drug-likeness (QED) is 0.592. The van der Waals surface area contributed by atoms with Crippen LogP contribution in [0.25, 0.3) is 0 Å². The van der Waals surface area contributed by atoms with Crippen LogP contribution in [-0.2, 0) is 6.42 Å². The van der Waals surface area contributed by atoms with Crippen LogP contribution in [0.1, 0.15) is 41.8 Å². The molecule has 0 aliphatic carbocycles. The summed E-state index contributed by atoms with van der Waals surface area (Å²) in [6.07, 6.45) is 4.82. The predicted molar refractivity (Wildman–Crippen MR) is 99.5 cm³/mol. The first kappa shape index (κ1) is 18.2. The Morgan fingerprint density at radius 1 is 1.30 bits per heavy atom. The molecule has 1 fully saturated rings. The van der Waals surface area contributed by atoms with Crippen molar-refractivity contribution >= 4 is 17.3 Å². The number of hydrogen-bond donors (Lipinski definition) is 2. The third kappa shape index (κ3) is 5.46. The maximum atomic E-state index is 4.58. The first-order chi connectivity index (χ1) is 11.1. The molecule has 2 rings (SSSR count).